The maximum atomic E-state index is 12.4. The molecular weight excluding hydrogens is 320 g/mol. The van der Waals surface area contributed by atoms with Crippen molar-refractivity contribution >= 4 is 22.7 Å². The van der Waals surface area contributed by atoms with Crippen LogP contribution in [0.1, 0.15) is 26.2 Å². The van der Waals surface area contributed by atoms with Crippen LogP contribution in [-0.2, 0) is 16.1 Å². The third kappa shape index (κ3) is 3.40. The maximum Gasteiger partial charge on any atom is 0.261 e. The molecule has 7 nitrogen and oxygen atoms in total. The van der Waals surface area contributed by atoms with Crippen LogP contribution in [0.2, 0.25) is 0 Å². The van der Waals surface area contributed by atoms with Crippen LogP contribution in [0.5, 0.6) is 0 Å². The summed E-state index contributed by atoms with van der Waals surface area (Å²) in [6, 6.07) is 7.03. The van der Waals surface area contributed by atoms with Crippen molar-refractivity contribution < 1.29 is 9.59 Å². The molecule has 25 heavy (non-hydrogen) atoms. The Morgan fingerprint density at radius 1 is 1.24 bits per heavy atom. The van der Waals surface area contributed by atoms with E-state index >= 15 is 0 Å². The molecule has 1 aliphatic rings. The highest BCUT2D eigenvalue weighted by molar-refractivity contribution is 5.85. The second kappa shape index (κ2) is 7.04. The summed E-state index contributed by atoms with van der Waals surface area (Å²) < 4.78 is 1.29. The number of hydrogen-bond acceptors (Lipinski definition) is 4. The highest BCUT2D eigenvalue weighted by Gasteiger charge is 2.43. The van der Waals surface area contributed by atoms with Crippen molar-refractivity contribution in [2.75, 3.05) is 13.1 Å². The number of para-hydroxylation sites is 1. The molecule has 1 aromatic carbocycles. The van der Waals surface area contributed by atoms with E-state index < -0.39 is 5.41 Å². The third-order valence-electron chi connectivity index (χ3n) is 4.80. The fourth-order valence-electron chi connectivity index (χ4n) is 3.13. The number of rotatable bonds is 6. The zero-order valence-electron chi connectivity index (χ0n) is 14.2. The Balaban J connectivity index is 1.66. The van der Waals surface area contributed by atoms with Gasteiger partial charge in [-0.2, -0.15) is 0 Å². The fourth-order valence-corrected chi connectivity index (χ4v) is 3.13. The number of carbonyl (C=O) groups excluding carboxylic acids is 2. The lowest BCUT2D eigenvalue weighted by molar-refractivity contribution is -0.136. The van der Waals surface area contributed by atoms with Gasteiger partial charge in [0, 0.05) is 13.1 Å². The predicted octanol–water partition coefficient (Wildman–Crippen LogP) is 0.819. The summed E-state index contributed by atoms with van der Waals surface area (Å²) in [5, 5.41) is 6.12. The molecule has 3 rings (SSSR count). The van der Waals surface area contributed by atoms with Crippen LogP contribution in [0.3, 0.4) is 0 Å². The van der Waals surface area contributed by atoms with Crippen LogP contribution in [0.4, 0.5) is 0 Å². The average Bonchev–Trinajstić information content (AvgIpc) is 2.57. The van der Waals surface area contributed by atoms with Gasteiger partial charge in [-0.05, 0) is 31.9 Å². The molecule has 1 heterocycles. The molecule has 2 N–H and O–H groups in total. The summed E-state index contributed by atoms with van der Waals surface area (Å²) in [5.74, 6) is -0.305. The van der Waals surface area contributed by atoms with Gasteiger partial charge in [0.1, 0.15) is 6.54 Å². The van der Waals surface area contributed by atoms with E-state index in [0.717, 1.165) is 19.3 Å². The Hall–Kier alpha value is -2.70. The molecule has 1 aliphatic carbocycles. The first kappa shape index (κ1) is 17.1. The van der Waals surface area contributed by atoms with Gasteiger partial charge < -0.3 is 10.6 Å². The van der Waals surface area contributed by atoms with Crippen LogP contribution >= 0.6 is 0 Å². The third-order valence-corrected chi connectivity index (χ3v) is 4.80. The first-order valence-corrected chi connectivity index (χ1v) is 8.55. The van der Waals surface area contributed by atoms with Crippen molar-refractivity contribution in [2.45, 2.75) is 32.7 Å². The average molecular weight is 342 g/mol. The molecular formula is C18H22N4O3. The van der Waals surface area contributed by atoms with E-state index in [4.69, 9.17) is 0 Å². The van der Waals surface area contributed by atoms with Crippen molar-refractivity contribution in [3.8, 4) is 0 Å². The minimum Gasteiger partial charge on any atom is -0.356 e. The molecule has 1 saturated carbocycles. The summed E-state index contributed by atoms with van der Waals surface area (Å²) >= 11 is 0. The molecule has 2 aromatic rings. The lowest BCUT2D eigenvalue weighted by Crippen LogP contribution is -2.52. The number of nitrogens with one attached hydrogen (secondary N) is 2. The smallest absolute Gasteiger partial charge is 0.261 e. The topological polar surface area (TPSA) is 93.1 Å². The number of hydrogen-bond donors (Lipinski definition) is 2. The predicted molar refractivity (Wildman–Crippen MR) is 94.0 cm³/mol. The molecule has 0 aliphatic heterocycles. The standard InChI is InChI=1S/C18H22N4O3/c1-2-19-17(25)18(8-5-9-18)11-20-15(23)10-22-12-21-14-7-4-3-6-13(14)16(22)24/h3-4,6-7,12H,2,5,8-11H2,1H3,(H,19,25)(H,20,23). The number of aromatic nitrogens is 2. The minimum absolute atomic E-state index is 0.00825. The van der Waals surface area contributed by atoms with Gasteiger partial charge in [-0.25, -0.2) is 4.98 Å². The van der Waals surface area contributed by atoms with Crippen molar-refractivity contribution in [1.82, 2.24) is 20.2 Å². The van der Waals surface area contributed by atoms with Gasteiger partial charge >= 0.3 is 0 Å². The highest BCUT2D eigenvalue weighted by Crippen LogP contribution is 2.40. The molecule has 0 bridgehead atoms. The van der Waals surface area contributed by atoms with Crippen molar-refractivity contribution in [3.63, 3.8) is 0 Å². The normalized spacial score (nSPS) is 15.4. The molecule has 0 spiro atoms. The maximum absolute atomic E-state index is 12.4. The van der Waals surface area contributed by atoms with Gasteiger partial charge in [-0.15, -0.1) is 0 Å². The first-order valence-electron chi connectivity index (χ1n) is 8.55. The SMILES string of the molecule is CCNC(=O)C1(CNC(=O)Cn2cnc3ccccc3c2=O)CCC1. The van der Waals surface area contributed by atoms with Crippen molar-refractivity contribution in [1.29, 1.82) is 0 Å². The summed E-state index contributed by atoms with van der Waals surface area (Å²) in [6.07, 6.45) is 3.92. The van der Waals surface area contributed by atoms with Gasteiger partial charge in [0.2, 0.25) is 11.8 Å². The van der Waals surface area contributed by atoms with Crippen molar-refractivity contribution in [3.05, 3.63) is 40.9 Å². The molecule has 7 heteroatoms. The van der Waals surface area contributed by atoms with Gasteiger partial charge in [0.05, 0.1) is 22.6 Å². The Kier molecular flexibility index (Phi) is 4.83. The van der Waals surface area contributed by atoms with Crippen LogP contribution in [0.25, 0.3) is 10.9 Å². The van der Waals surface area contributed by atoms with Crippen LogP contribution in [0.15, 0.2) is 35.4 Å². The second-order valence-corrected chi connectivity index (χ2v) is 6.46. The van der Waals surface area contributed by atoms with Gasteiger partial charge in [-0.1, -0.05) is 18.6 Å². The number of nitrogens with zero attached hydrogens (tertiary/aromatic N) is 2. The Morgan fingerprint density at radius 3 is 2.68 bits per heavy atom. The highest BCUT2D eigenvalue weighted by atomic mass is 16.2. The van der Waals surface area contributed by atoms with E-state index in [0.29, 0.717) is 24.0 Å². The number of carbonyl (C=O) groups is 2. The largest absolute Gasteiger partial charge is 0.356 e. The van der Waals surface area contributed by atoms with Crippen LogP contribution in [-0.4, -0.2) is 34.5 Å². The fraction of sp³-hybridized carbons (Fsp3) is 0.444. The minimum atomic E-state index is -0.502. The molecule has 132 valence electrons. The molecule has 0 unspecified atom stereocenters. The first-order chi connectivity index (χ1) is 12.1. The summed E-state index contributed by atoms with van der Waals surface area (Å²) in [6.45, 7) is 2.64. The Morgan fingerprint density at radius 2 is 2.00 bits per heavy atom. The van der Waals surface area contributed by atoms with E-state index in [9.17, 15) is 14.4 Å². The van der Waals surface area contributed by atoms with Crippen LogP contribution < -0.4 is 16.2 Å². The zero-order valence-corrected chi connectivity index (χ0v) is 14.2. The lowest BCUT2D eigenvalue weighted by Gasteiger charge is -2.40. The quantitative estimate of drug-likeness (QED) is 0.813. The Bertz CT molecular complexity index is 855. The molecule has 2 amide bonds. The zero-order chi connectivity index (χ0) is 17.9. The van der Waals surface area contributed by atoms with E-state index in [1.165, 1.54) is 10.9 Å². The molecule has 0 atom stereocenters. The summed E-state index contributed by atoms with van der Waals surface area (Å²) in [5.41, 5.74) is -0.144. The molecule has 1 aromatic heterocycles. The van der Waals surface area contributed by atoms with Crippen molar-refractivity contribution in [2.24, 2.45) is 5.41 Å². The summed E-state index contributed by atoms with van der Waals surface area (Å²) in [4.78, 5) is 41.0. The van der Waals surface area contributed by atoms with Gasteiger partial charge in [0.25, 0.3) is 5.56 Å². The van der Waals surface area contributed by atoms with Crippen LogP contribution in [0, 0.1) is 5.41 Å². The number of benzene rings is 1. The summed E-state index contributed by atoms with van der Waals surface area (Å²) in [7, 11) is 0. The number of fused-ring (bicyclic) bond motifs is 1. The van der Waals surface area contributed by atoms with Gasteiger partial charge in [0.15, 0.2) is 0 Å². The molecule has 0 radical (unpaired) electrons. The van der Waals surface area contributed by atoms with E-state index in [2.05, 4.69) is 15.6 Å². The van der Waals surface area contributed by atoms with E-state index in [1.54, 1.807) is 18.2 Å². The van der Waals surface area contributed by atoms with Gasteiger partial charge in [-0.3, -0.25) is 19.0 Å². The Labute approximate surface area is 145 Å². The number of amides is 2. The second-order valence-electron chi connectivity index (χ2n) is 6.46. The van der Waals surface area contributed by atoms with E-state index in [1.807, 2.05) is 13.0 Å². The molecule has 0 saturated heterocycles. The molecule has 1 fully saturated rings. The monoisotopic (exact) mass is 342 g/mol. The van der Waals surface area contributed by atoms with E-state index in [-0.39, 0.29) is 23.9 Å². The lowest BCUT2D eigenvalue weighted by atomic mass is 9.68.